The molecule has 0 spiro atoms. The van der Waals surface area contributed by atoms with E-state index in [1.807, 2.05) is 36.5 Å². The van der Waals surface area contributed by atoms with Crippen LogP contribution in [0.1, 0.15) is 18.5 Å². The van der Waals surface area contributed by atoms with E-state index in [4.69, 9.17) is 11.6 Å². The smallest absolute Gasteiger partial charge is 0.277 e. The third-order valence-corrected chi connectivity index (χ3v) is 3.38. The van der Waals surface area contributed by atoms with Gasteiger partial charge in [0.25, 0.3) is 5.91 Å². The molecule has 1 rings (SSSR count). The van der Waals surface area contributed by atoms with E-state index >= 15 is 0 Å². The largest absolute Gasteiger partial charge is 0.358 e. The number of rotatable bonds is 6. The first-order valence-electron chi connectivity index (χ1n) is 6.47. The molecule has 1 aromatic carbocycles. The van der Waals surface area contributed by atoms with E-state index in [1.54, 1.807) is 14.1 Å². The number of quaternary nitrogens is 1. The first kappa shape index (κ1) is 16.5. The minimum absolute atomic E-state index is 0.0746. The Labute approximate surface area is 124 Å². The van der Waals surface area contributed by atoms with Gasteiger partial charge in [0, 0.05) is 24.7 Å². The Bertz CT molecular complexity index is 462. The standard InChI is InChI=1S/C14H20ClN3O2/c1-10(11-4-6-12(15)7-5-11)17-8-14(20)18(3)9-13(19)16-2/h4-7,10,17H,8-9H2,1-3H3,(H,16,19)/p+1/t10-/m0/s1. The van der Waals surface area contributed by atoms with Crippen molar-refractivity contribution in [3.05, 3.63) is 34.9 Å². The van der Waals surface area contributed by atoms with Crippen LogP contribution >= 0.6 is 11.6 Å². The van der Waals surface area contributed by atoms with Crippen molar-refractivity contribution in [2.75, 3.05) is 27.2 Å². The van der Waals surface area contributed by atoms with Crippen molar-refractivity contribution < 1.29 is 14.9 Å². The fourth-order valence-electron chi connectivity index (χ4n) is 1.72. The molecule has 0 fully saturated rings. The number of carbonyl (C=O) groups is 2. The van der Waals surface area contributed by atoms with Gasteiger partial charge in [-0.25, -0.2) is 0 Å². The fraction of sp³-hybridized carbons (Fsp3) is 0.429. The topological polar surface area (TPSA) is 66.0 Å². The summed E-state index contributed by atoms with van der Waals surface area (Å²) in [4.78, 5) is 24.5. The number of halogens is 1. The Morgan fingerprint density at radius 2 is 1.95 bits per heavy atom. The monoisotopic (exact) mass is 298 g/mol. The summed E-state index contributed by atoms with van der Waals surface area (Å²) in [5, 5.41) is 5.12. The number of hydrogen-bond donors (Lipinski definition) is 2. The molecule has 0 aliphatic rings. The normalized spacial score (nSPS) is 11.8. The molecule has 5 nitrogen and oxygen atoms in total. The molecule has 0 bridgehead atoms. The van der Waals surface area contributed by atoms with Crippen LogP contribution in [0.4, 0.5) is 0 Å². The van der Waals surface area contributed by atoms with Crippen LogP contribution in [0.5, 0.6) is 0 Å². The van der Waals surface area contributed by atoms with E-state index in [-0.39, 0.29) is 24.4 Å². The molecule has 0 unspecified atom stereocenters. The lowest BCUT2D eigenvalue weighted by Gasteiger charge is -2.17. The second-order valence-corrected chi connectivity index (χ2v) is 5.14. The van der Waals surface area contributed by atoms with Crippen molar-refractivity contribution in [3.8, 4) is 0 Å². The minimum Gasteiger partial charge on any atom is -0.358 e. The quantitative estimate of drug-likeness (QED) is 0.786. The predicted octanol–water partition coefficient (Wildman–Crippen LogP) is 0.169. The highest BCUT2D eigenvalue weighted by Crippen LogP contribution is 2.13. The second kappa shape index (κ2) is 7.87. The van der Waals surface area contributed by atoms with E-state index in [1.165, 1.54) is 4.90 Å². The summed E-state index contributed by atoms with van der Waals surface area (Å²) in [6, 6.07) is 7.72. The Morgan fingerprint density at radius 3 is 2.50 bits per heavy atom. The maximum absolute atomic E-state index is 11.9. The van der Waals surface area contributed by atoms with Crippen LogP contribution in [0.15, 0.2) is 24.3 Å². The molecule has 20 heavy (non-hydrogen) atoms. The molecule has 0 saturated heterocycles. The Balaban J connectivity index is 2.44. The SMILES string of the molecule is CNC(=O)CN(C)C(=O)C[NH2+][C@@H](C)c1ccc(Cl)cc1. The third-order valence-electron chi connectivity index (χ3n) is 3.13. The van der Waals surface area contributed by atoms with Gasteiger partial charge in [0.2, 0.25) is 5.91 Å². The Kier molecular flexibility index (Phi) is 6.48. The summed E-state index contributed by atoms with van der Waals surface area (Å²) in [5.74, 6) is -0.249. The summed E-state index contributed by atoms with van der Waals surface area (Å²) in [5.41, 5.74) is 1.11. The van der Waals surface area contributed by atoms with E-state index in [0.29, 0.717) is 11.6 Å². The fourth-order valence-corrected chi connectivity index (χ4v) is 1.84. The van der Waals surface area contributed by atoms with Gasteiger partial charge < -0.3 is 15.5 Å². The summed E-state index contributed by atoms with van der Waals surface area (Å²) >= 11 is 5.84. The molecule has 0 aliphatic carbocycles. The summed E-state index contributed by atoms with van der Waals surface area (Å²) < 4.78 is 0. The molecule has 110 valence electrons. The van der Waals surface area contributed by atoms with Crippen molar-refractivity contribution in [1.29, 1.82) is 0 Å². The van der Waals surface area contributed by atoms with E-state index in [2.05, 4.69) is 5.32 Å². The van der Waals surface area contributed by atoms with Gasteiger partial charge in [-0.1, -0.05) is 23.7 Å². The second-order valence-electron chi connectivity index (χ2n) is 4.70. The molecular formula is C14H21ClN3O2+. The van der Waals surface area contributed by atoms with Crippen LogP contribution < -0.4 is 10.6 Å². The van der Waals surface area contributed by atoms with Gasteiger partial charge in [-0.3, -0.25) is 9.59 Å². The van der Waals surface area contributed by atoms with Crippen LogP contribution in [0.2, 0.25) is 5.02 Å². The average Bonchev–Trinajstić information content (AvgIpc) is 2.44. The first-order valence-corrected chi connectivity index (χ1v) is 6.85. The van der Waals surface area contributed by atoms with Crippen LogP contribution in [0.25, 0.3) is 0 Å². The van der Waals surface area contributed by atoms with Crippen molar-refractivity contribution in [2.24, 2.45) is 0 Å². The first-order chi connectivity index (χ1) is 9.43. The van der Waals surface area contributed by atoms with Crippen molar-refractivity contribution >= 4 is 23.4 Å². The molecule has 0 radical (unpaired) electrons. The molecule has 6 heteroatoms. The molecule has 0 heterocycles. The van der Waals surface area contributed by atoms with E-state index < -0.39 is 0 Å². The van der Waals surface area contributed by atoms with Crippen LogP contribution in [0.3, 0.4) is 0 Å². The molecule has 0 aromatic heterocycles. The average molecular weight is 299 g/mol. The Hall–Kier alpha value is -1.59. The number of nitrogens with two attached hydrogens (primary N) is 1. The van der Waals surface area contributed by atoms with Gasteiger partial charge >= 0.3 is 0 Å². The van der Waals surface area contributed by atoms with E-state index in [0.717, 1.165) is 5.56 Å². The van der Waals surface area contributed by atoms with Gasteiger partial charge in [0.1, 0.15) is 6.04 Å². The number of hydrogen-bond acceptors (Lipinski definition) is 2. The number of benzene rings is 1. The zero-order chi connectivity index (χ0) is 15.1. The molecule has 3 N–H and O–H groups in total. The lowest BCUT2D eigenvalue weighted by Crippen LogP contribution is -2.87. The van der Waals surface area contributed by atoms with Crippen molar-refractivity contribution in [3.63, 3.8) is 0 Å². The molecule has 0 saturated carbocycles. The molecular weight excluding hydrogens is 278 g/mol. The highest BCUT2D eigenvalue weighted by Gasteiger charge is 2.16. The highest BCUT2D eigenvalue weighted by atomic mass is 35.5. The van der Waals surface area contributed by atoms with E-state index in [9.17, 15) is 9.59 Å². The number of nitrogens with zero attached hydrogens (tertiary/aromatic N) is 1. The van der Waals surface area contributed by atoms with Crippen molar-refractivity contribution in [1.82, 2.24) is 10.2 Å². The predicted molar refractivity (Wildman–Crippen MR) is 78.4 cm³/mol. The number of carbonyl (C=O) groups excluding carboxylic acids is 2. The van der Waals surface area contributed by atoms with Gasteiger partial charge in [0.15, 0.2) is 6.54 Å². The van der Waals surface area contributed by atoms with Crippen molar-refractivity contribution in [2.45, 2.75) is 13.0 Å². The third kappa shape index (κ3) is 5.19. The molecule has 2 amide bonds. The molecule has 1 aromatic rings. The van der Waals surface area contributed by atoms with Gasteiger partial charge in [-0.2, -0.15) is 0 Å². The highest BCUT2D eigenvalue weighted by molar-refractivity contribution is 6.30. The van der Waals surface area contributed by atoms with Gasteiger partial charge in [-0.15, -0.1) is 0 Å². The van der Waals surface area contributed by atoms with Gasteiger partial charge in [-0.05, 0) is 19.1 Å². The zero-order valence-electron chi connectivity index (χ0n) is 12.0. The Morgan fingerprint density at radius 1 is 1.35 bits per heavy atom. The van der Waals surface area contributed by atoms with Gasteiger partial charge in [0.05, 0.1) is 6.54 Å². The lowest BCUT2D eigenvalue weighted by atomic mass is 10.1. The molecule has 1 atom stereocenters. The minimum atomic E-state index is -0.174. The van der Waals surface area contributed by atoms with Crippen LogP contribution in [-0.2, 0) is 9.59 Å². The van der Waals surface area contributed by atoms with Crippen LogP contribution in [-0.4, -0.2) is 43.9 Å². The summed E-state index contributed by atoms with van der Waals surface area (Å²) in [7, 11) is 3.17. The summed E-state index contributed by atoms with van der Waals surface area (Å²) in [6.07, 6.45) is 0. The maximum atomic E-state index is 11.9. The lowest BCUT2D eigenvalue weighted by molar-refractivity contribution is -0.683. The number of nitrogens with one attached hydrogen (secondary N) is 1. The number of likely N-dealkylation sites (N-methyl/N-ethyl adjacent to an activating group) is 2. The zero-order valence-corrected chi connectivity index (χ0v) is 12.8. The maximum Gasteiger partial charge on any atom is 0.277 e. The molecule has 0 aliphatic heterocycles. The van der Waals surface area contributed by atoms with Crippen LogP contribution in [0, 0.1) is 0 Å². The number of amides is 2. The summed E-state index contributed by atoms with van der Waals surface area (Å²) in [6.45, 7) is 2.41.